The number of nitrogens with one attached hydrogen (secondary N) is 2. The van der Waals surface area contributed by atoms with E-state index in [1.807, 2.05) is 44.7 Å². The third-order valence-corrected chi connectivity index (χ3v) is 4.35. The Morgan fingerprint density at radius 1 is 1.42 bits per heavy atom. The highest BCUT2D eigenvalue weighted by molar-refractivity contribution is 7.99. The van der Waals surface area contributed by atoms with Gasteiger partial charge in [0.25, 0.3) is 5.91 Å². The molecule has 104 valence electrons. The minimum absolute atomic E-state index is 0.00970. The van der Waals surface area contributed by atoms with Crippen molar-refractivity contribution in [1.29, 1.82) is 0 Å². The minimum Gasteiger partial charge on any atom is -0.381 e. The zero-order chi connectivity index (χ0) is 13.8. The average molecular weight is 278 g/mol. The SMILES string of the molecule is Cc1cc(N[C@H]2CCSC2)ccc1C(=O)NC(C)C. The van der Waals surface area contributed by atoms with E-state index in [4.69, 9.17) is 0 Å². The molecule has 0 aromatic heterocycles. The van der Waals surface area contributed by atoms with E-state index in [1.165, 1.54) is 17.9 Å². The molecule has 1 fully saturated rings. The third-order valence-electron chi connectivity index (χ3n) is 3.19. The molecule has 0 saturated carbocycles. The summed E-state index contributed by atoms with van der Waals surface area (Å²) in [7, 11) is 0. The van der Waals surface area contributed by atoms with Gasteiger partial charge in [0.15, 0.2) is 0 Å². The van der Waals surface area contributed by atoms with Crippen molar-refractivity contribution in [3.05, 3.63) is 29.3 Å². The fraction of sp³-hybridized carbons (Fsp3) is 0.533. The maximum Gasteiger partial charge on any atom is 0.251 e. The number of rotatable bonds is 4. The number of anilines is 1. The van der Waals surface area contributed by atoms with Gasteiger partial charge in [0, 0.05) is 29.1 Å². The van der Waals surface area contributed by atoms with Crippen LogP contribution < -0.4 is 10.6 Å². The molecule has 1 heterocycles. The summed E-state index contributed by atoms with van der Waals surface area (Å²) in [4.78, 5) is 12.0. The maximum atomic E-state index is 12.0. The molecular formula is C15H22N2OS. The number of hydrogen-bond acceptors (Lipinski definition) is 3. The van der Waals surface area contributed by atoms with Crippen molar-refractivity contribution in [3.8, 4) is 0 Å². The lowest BCUT2D eigenvalue weighted by Gasteiger charge is -2.15. The van der Waals surface area contributed by atoms with E-state index >= 15 is 0 Å². The van der Waals surface area contributed by atoms with E-state index in [2.05, 4.69) is 16.7 Å². The normalized spacial score (nSPS) is 18.6. The molecule has 0 unspecified atom stereocenters. The molecule has 2 N–H and O–H groups in total. The van der Waals surface area contributed by atoms with Crippen LogP contribution in [-0.2, 0) is 0 Å². The minimum atomic E-state index is 0.00970. The molecule has 1 aliphatic heterocycles. The molecule has 4 heteroatoms. The molecule has 1 atom stereocenters. The number of amides is 1. The van der Waals surface area contributed by atoms with Crippen molar-refractivity contribution in [1.82, 2.24) is 5.32 Å². The van der Waals surface area contributed by atoms with Crippen LogP contribution in [0, 0.1) is 6.92 Å². The first-order valence-corrected chi connectivity index (χ1v) is 7.97. The maximum absolute atomic E-state index is 12.0. The predicted octanol–water partition coefficient (Wildman–Crippen LogP) is 3.05. The quantitative estimate of drug-likeness (QED) is 0.889. The molecule has 0 bridgehead atoms. The van der Waals surface area contributed by atoms with Crippen LogP contribution in [0.3, 0.4) is 0 Å². The van der Waals surface area contributed by atoms with Gasteiger partial charge in [-0.15, -0.1) is 0 Å². The van der Waals surface area contributed by atoms with Gasteiger partial charge in [-0.1, -0.05) is 0 Å². The fourth-order valence-corrected chi connectivity index (χ4v) is 3.38. The number of aryl methyl sites for hydroxylation is 1. The van der Waals surface area contributed by atoms with Crippen molar-refractivity contribution >= 4 is 23.4 Å². The molecule has 1 aromatic carbocycles. The summed E-state index contributed by atoms with van der Waals surface area (Å²) in [5, 5.41) is 6.47. The smallest absolute Gasteiger partial charge is 0.251 e. The lowest BCUT2D eigenvalue weighted by atomic mass is 10.1. The third kappa shape index (κ3) is 3.90. The molecule has 19 heavy (non-hydrogen) atoms. The first-order chi connectivity index (χ1) is 9.06. The van der Waals surface area contributed by atoms with Crippen LogP contribution in [0.2, 0.25) is 0 Å². The van der Waals surface area contributed by atoms with Crippen LogP contribution in [0.1, 0.15) is 36.2 Å². The van der Waals surface area contributed by atoms with Gasteiger partial charge in [-0.25, -0.2) is 0 Å². The Balaban J connectivity index is 2.05. The molecule has 1 aliphatic rings. The Hall–Kier alpha value is -1.16. The van der Waals surface area contributed by atoms with E-state index in [9.17, 15) is 4.79 Å². The van der Waals surface area contributed by atoms with Crippen LogP contribution in [-0.4, -0.2) is 29.5 Å². The zero-order valence-corrected chi connectivity index (χ0v) is 12.6. The Labute approximate surface area is 119 Å². The summed E-state index contributed by atoms with van der Waals surface area (Å²) in [6.45, 7) is 5.94. The second-order valence-electron chi connectivity index (χ2n) is 5.36. The Kier molecular flexibility index (Phi) is 4.75. The lowest BCUT2D eigenvalue weighted by Crippen LogP contribution is -2.30. The number of hydrogen-bond donors (Lipinski definition) is 2. The van der Waals surface area contributed by atoms with E-state index in [-0.39, 0.29) is 11.9 Å². The standard InChI is InChI=1S/C15H22N2OS/c1-10(2)16-15(18)14-5-4-12(8-11(14)3)17-13-6-7-19-9-13/h4-5,8,10,13,17H,6-7,9H2,1-3H3,(H,16,18)/t13-/m0/s1. The van der Waals surface area contributed by atoms with Gasteiger partial charge in [-0.05, 0) is 56.7 Å². The van der Waals surface area contributed by atoms with Crippen molar-refractivity contribution in [3.63, 3.8) is 0 Å². The van der Waals surface area contributed by atoms with Crippen LogP contribution in [0.25, 0.3) is 0 Å². The molecule has 1 amide bonds. The summed E-state index contributed by atoms with van der Waals surface area (Å²) in [6.07, 6.45) is 1.22. The van der Waals surface area contributed by atoms with E-state index in [0.717, 1.165) is 16.8 Å². The molecular weight excluding hydrogens is 256 g/mol. The predicted molar refractivity (Wildman–Crippen MR) is 83.1 cm³/mol. The fourth-order valence-electron chi connectivity index (χ4n) is 2.23. The van der Waals surface area contributed by atoms with Gasteiger partial charge in [0.2, 0.25) is 0 Å². The van der Waals surface area contributed by atoms with Crippen molar-refractivity contribution in [2.24, 2.45) is 0 Å². The average Bonchev–Trinajstić information content (AvgIpc) is 2.80. The van der Waals surface area contributed by atoms with Gasteiger partial charge in [0.1, 0.15) is 0 Å². The van der Waals surface area contributed by atoms with Gasteiger partial charge < -0.3 is 10.6 Å². The highest BCUT2D eigenvalue weighted by Crippen LogP contribution is 2.22. The highest BCUT2D eigenvalue weighted by atomic mass is 32.2. The van der Waals surface area contributed by atoms with Gasteiger partial charge in [-0.3, -0.25) is 4.79 Å². The van der Waals surface area contributed by atoms with Gasteiger partial charge in [-0.2, -0.15) is 11.8 Å². The first-order valence-electron chi connectivity index (χ1n) is 6.82. The molecule has 1 aromatic rings. The number of thioether (sulfide) groups is 1. The van der Waals surface area contributed by atoms with Crippen molar-refractivity contribution in [2.75, 3.05) is 16.8 Å². The Morgan fingerprint density at radius 3 is 2.79 bits per heavy atom. The van der Waals surface area contributed by atoms with Gasteiger partial charge >= 0.3 is 0 Å². The van der Waals surface area contributed by atoms with E-state index < -0.39 is 0 Å². The van der Waals surface area contributed by atoms with Crippen LogP contribution >= 0.6 is 11.8 Å². The highest BCUT2D eigenvalue weighted by Gasteiger charge is 2.16. The Morgan fingerprint density at radius 2 is 2.21 bits per heavy atom. The number of carbonyl (C=O) groups is 1. The molecule has 0 radical (unpaired) electrons. The Bertz CT molecular complexity index is 453. The molecule has 3 nitrogen and oxygen atoms in total. The topological polar surface area (TPSA) is 41.1 Å². The first kappa shape index (κ1) is 14.3. The van der Waals surface area contributed by atoms with Crippen LogP contribution in [0.4, 0.5) is 5.69 Å². The summed E-state index contributed by atoms with van der Waals surface area (Å²) < 4.78 is 0. The lowest BCUT2D eigenvalue weighted by molar-refractivity contribution is 0.0942. The van der Waals surface area contributed by atoms with Crippen molar-refractivity contribution < 1.29 is 4.79 Å². The monoisotopic (exact) mass is 278 g/mol. The summed E-state index contributed by atoms with van der Waals surface area (Å²) in [5.41, 5.74) is 2.90. The molecule has 2 rings (SSSR count). The molecule has 1 saturated heterocycles. The summed E-state index contributed by atoms with van der Waals surface area (Å²) in [6, 6.07) is 6.72. The number of carbonyl (C=O) groups excluding carboxylic acids is 1. The van der Waals surface area contributed by atoms with Crippen LogP contribution in [0.15, 0.2) is 18.2 Å². The van der Waals surface area contributed by atoms with E-state index in [0.29, 0.717) is 6.04 Å². The number of benzene rings is 1. The molecule has 0 aliphatic carbocycles. The van der Waals surface area contributed by atoms with Crippen LogP contribution in [0.5, 0.6) is 0 Å². The van der Waals surface area contributed by atoms with Gasteiger partial charge in [0.05, 0.1) is 0 Å². The largest absolute Gasteiger partial charge is 0.381 e. The molecule has 0 spiro atoms. The zero-order valence-electron chi connectivity index (χ0n) is 11.8. The van der Waals surface area contributed by atoms with E-state index in [1.54, 1.807) is 0 Å². The van der Waals surface area contributed by atoms with Crippen molar-refractivity contribution in [2.45, 2.75) is 39.3 Å². The summed E-state index contributed by atoms with van der Waals surface area (Å²) in [5.74, 6) is 2.43. The summed E-state index contributed by atoms with van der Waals surface area (Å²) >= 11 is 1.99. The second-order valence-corrected chi connectivity index (χ2v) is 6.51. The second kappa shape index (κ2) is 6.33.